The number of carbonyl (C=O) groups is 2. The van der Waals surface area contributed by atoms with Crippen LogP contribution in [0.2, 0.25) is 0 Å². The fourth-order valence-corrected chi connectivity index (χ4v) is 7.34. The van der Waals surface area contributed by atoms with Gasteiger partial charge in [0.15, 0.2) is 0 Å². The van der Waals surface area contributed by atoms with Gasteiger partial charge in [-0.2, -0.15) is 0 Å². The number of likely N-dealkylation sites (tertiary alicyclic amines) is 3. The van der Waals surface area contributed by atoms with E-state index in [-0.39, 0.29) is 5.92 Å². The molecule has 5 nitrogen and oxygen atoms in total. The van der Waals surface area contributed by atoms with Crippen LogP contribution in [0.5, 0.6) is 0 Å². The van der Waals surface area contributed by atoms with E-state index < -0.39 is 0 Å². The summed E-state index contributed by atoms with van der Waals surface area (Å²) < 4.78 is 0. The maximum Gasteiger partial charge on any atom is 0.225 e. The number of amides is 2. The summed E-state index contributed by atoms with van der Waals surface area (Å²) in [5.74, 6) is 2.52. The molecule has 3 aliphatic heterocycles. The number of piperidine rings is 3. The van der Waals surface area contributed by atoms with Gasteiger partial charge in [-0.25, -0.2) is 0 Å². The Morgan fingerprint density at radius 1 is 0.694 bits per heavy atom. The third-order valence-corrected chi connectivity index (χ3v) is 9.75. The minimum Gasteiger partial charge on any atom is -0.343 e. The number of benzene rings is 1. The number of hydrogen-bond donors (Lipinski definition) is 0. The van der Waals surface area contributed by atoms with Crippen LogP contribution >= 0.6 is 0 Å². The lowest BCUT2D eigenvalue weighted by Crippen LogP contribution is -2.51. The standard InChI is InChI=1S/C31H47N3O2/c35-30(11-10-25-6-4-5-7-25)33-22-16-29(17-23-33)32-20-14-28(15-21-32)31(36)34-18-12-27(13-19-34)24-26-8-2-1-3-9-26/h1-3,8-9,25,27-29H,4-7,10-24H2. The van der Waals surface area contributed by atoms with Crippen LogP contribution in [0.15, 0.2) is 30.3 Å². The normalized spacial score (nSPS) is 23.9. The summed E-state index contributed by atoms with van der Waals surface area (Å²) in [5, 5.41) is 0. The maximum absolute atomic E-state index is 13.2. The van der Waals surface area contributed by atoms with Gasteiger partial charge in [0.25, 0.3) is 0 Å². The SMILES string of the molecule is O=C(CCC1CCCC1)N1CCC(N2CCC(C(=O)N3CCC(Cc4ccccc4)CC3)CC2)CC1. The van der Waals surface area contributed by atoms with Gasteiger partial charge in [-0.05, 0) is 81.9 Å². The van der Waals surface area contributed by atoms with Crippen molar-refractivity contribution < 1.29 is 9.59 Å². The van der Waals surface area contributed by atoms with Crippen molar-refractivity contribution >= 4 is 11.8 Å². The van der Waals surface area contributed by atoms with E-state index in [0.29, 0.717) is 23.8 Å². The molecule has 0 aromatic heterocycles. The highest BCUT2D eigenvalue weighted by Crippen LogP contribution is 2.30. The van der Waals surface area contributed by atoms with Crippen LogP contribution in [0, 0.1) is 17.8 Å². The highest BCUT2D eigenvalue weighted by Gasteiger charge is 2.34. The van der Waals surface area contributed by atoms with E-state index in [1.54, 1.807) is 0 Å². The fourth-order valence-electron chi connectivity index (χ4n) is 7.34. The largest absolute Gasteiger partial charge is 0.343 e. The topological polar surface area (TPSA) is 43.9 Å². The van der Waals surface area contributed by atoms with Crippen molar-refractivity contribution in [1.82, 2.24) is 14.7 Å². The van der Waals surface area contributed by atoms with Crippen molar-refractivity contribution in [2.24, 2.45) is 17.8 Å². The summed E-state index contributed by atoms with van der Waals surface area (Å²) in [6, 6.07) is 11.4. The highest BCUT2D eigenvalue weighted by molar-refractivity contribution is 5.79. The molecule has 0 bridgehead atoms. The predicted octanol–water partition coefficient (Wildman–Crippen LogP) is 5.14. The van der Waals surface area contributed by atoms with Crippen molar-refractivity contribution in [2.75, 3.05) is 39.3 Å². The quantitative estimate of drug-likeness (QED) is 0.528. The van der Waals surface area contributed by atoms with Crippen molar-refractivity contribution in [3.63, 3.8) is 0 Å². The van der Waals surface area contributed by atoms with Gasteiger partial charge in [0.1, 0.15) is 0 Å². The molecule has 0 radical (unpaired) electrons. The van der Waals surface area contributed by atoms with E-state index in [4.69, 9.17) is 0 Å². The molecule has 1 aromatic rings. The predicted molar refractivity (Wildman–Crippen MR) is 145 cm³/mol. The van der Waals surface area contributed by atoms with E-state index >= 15 is 0 Å². The summed E-state index contributed by atoms with van der Waals surface area (Å²) in [7, 11) is 0. The van der Waals surface area contributed by atoms with E-state index in [2.05, 4.69) is 45.0 Å². The molecule has 5 rings (SSSR count). The van der Waals surface area contributed by atoms with Gasteiger partial charge in [0.2, 0.25) is 11.8 Å². The zero-order valence-electron chi connectivity index (χ0n) is 22.3. The Morgan fingerprint density at radius 3 is 2.00 bits per heavy atom. The summed E-state index contributed by atoms with van der Waals surface area (Å²) in [6.07, 6.45) is 14.9. The molecule has 0 spiro atoms. The zero-order chi connectivity index (χ0) is 24.7. The molecule has 36 heavy (non-hydrogen) atoms. The monoisotopic (exact) mass is 493 g/mol. The molecule has 1 aliphatic carbocycles. The molecular weight excluding hydrogens is 446 g/mol. The number of hydrogen-bond acceptors (Lipinski definition) is 3. The molecule has 4 fully saturated rings. The average molecular weight is 494 g/mol. The fraction of sp³-hybridized carbons (Fsp3) is 0.742. The molecule has 4 aliphatic rings. The van der Waals surface area contributed by atoms with Crippen molar-refractivity contribution in [1.29, 1.82) is 0 Å². The molecule has 5 heteroatoms. The minimum absolute atomic E-state index is 0.212. The Balaban J connectivity index is 0.985. The van der Waals surface area contributed by atoms with Gasteiger partial charge >= 0.3 is 0 Å². The highest BCUT2D eigenvalue weighted by atomic mass is 16.2. The second-order valence-electron chi connectivity index (χ2n) is 12.1. The molecule has 2 amide bonds. The average Bonchev–Trinajstić information content (AvgIpc) is 3.46. The first-order chi connectivity index (χ1) is 17.7. The van der Waals surface area contributed by atoms with Crippen LogP contribution < -0.4 is 0 Å². The molecule has 0 N–H and O–H groups in total. The van der Waals surface area contributed by atoms with Crippen LogP contribution in [0.3, 0.4) is 0 Å². The van der Waals surface area contributed by atoms with Gasteiger partial charge in [-0.15, -0.1) is 0 Å². The van der Waals surface area contributed by atoms with Gasteiger partial charge < -0.3 is 14.7 Å². The van der Waals surface area contributed by atoms with Crippen LogP contribution in [-0.2, 0) is 16.0 Å². The lowest BCUT2D eigenvalue weighted by Gasteiger charge is -2.42. The van der Waals surface area contributed by atoms with Crippen LogP contribution in [-0.4, -0.2) is 71.8 Å². The van der Waals surface area contributed by atoms with Gasteiger partial charge in [0, 0.05) is 44.6 Å². The van der Waals surface area contributed by atoms with Crippen LogP contribution in [0.25, 0.3) is 0 Å². The first-order valence-corrected chi connectivity index (χ1v) is 15.0. The number of nitrogens with zero attached hydrogens (tertiary/aromatic N) is 3. The first kappa shape index (κ1) is 25.8. The summed E-state index contributed by atoms with van der Waals surface area (Å²) in [6.45, 7) is 5.80. The van der Waals surface area contributed by atoms with Crippen molar-refractivity contribution in [3.05, 3.63) is 35.9 Å². The third kappa shape index (κ3) is 6.70. The zero-order valence-corrected chi connectivity index (χ0v) is 22.3. The molecule has 3 saturated heterocycles. The Labute approximate surface area is 218 Å². The molecular formula is C31H47N3O2. The van der Waals surface area contributed by atoms with Crippen LogP contribution in [0.4, 0.5) is 0 Å². The van der Waals surface area contributed by atoms with Gasteiger partial charge in [-0.1, -0.05) is 56.0 Å². The Morgan fingerprint density at radius 2 is 1.33 bits per heavy atom. The minimum atomic E-state index is 0.212. The van der Waals surface area contributed by atoms with E-state index in [1.165, 1.54) is 31.2 Å². The van der Waals surface area contributed by atoms with Crippen molar-refractivity contribution in [3.8, 4) is 0 Å². The van der Waals surface area contributed by atoms with Crippen LogP contribution in [0.1, 0.15) is 82.6 Å². The molecule has 0 atom stereocenters. The second kappa shape index (κ2) is 12.6. The lowest BCUT2D eigenvalue weighted by molar-refractivity contribution is -0.139. The Bertz CT molecular complexity index is 829. The second-order valence-corrected chi connectivity index (χ2v) is 12.1. The van der Waals surface area contributed by atoms with E-state index in [0.717, 1.165) is 103 Å². The molecule has 1 aromatic carbocycles. The molecule has 0 unspecified atom stereocenters. The lowest BCUT2D eigenvalue weighted by atomic mass is 9.88. The third-order valence-electron chi connectivity index (χ3n) is 9.75. The van der Waals surface area contributed by atoms with Gasteiger partial charge in [0.05, 0.1) is 0 Å². The Hall–Kier alpha value is -1.88. The first-order valence-electron chi connectivity index (χ1n) is 15.0. The molecule has 1 saturated carbocycles. The Kier molecular flexibility index (Phi) is 9.00. The van der Waals surface area contributed by atoms with E-state index in [9.17, 15) is 9.59 Å². The van der Waals surface area contributed by atoms with Crippen molar-refractivity contribution in [2.45, 2.75) is 89.5 Å². The number of carbonyl (C=O) groups excluding carboxylic acids is 2. The summed E-state index contributed by atoms with van der Waals surface area (Å²) in [5.41, 5.74) is 1.42. The summed E-state index contributed by atoms with van der Waals surface area (Å²) in [4.78, 5) is 32.8. The molecule has 198 valence electrons. The van der Waals surface area contributed by atoms with Gasteiger partial charge in [-0.3, -0.25) is 9.59 Å². The maximum atomic E-state index is 13.2. The molecule has 3 heterocycles. The summed E-state index contributed by atoms with van der Waals surface area (Å²) >= 11 is 0. The smallest absolute Gasteiger partial charge is 0.225 e. The van der Waals surface area contributed by atoms with E-state index in [1.807, 2.05) is 0 Å². The number of rotatable bonds is 7.